The van der Waals surface area contributed by atoms with Gasteiger partial charge in [0.2, 0.25) is 0 Å². The maximum Gasteiger partial charge on any atom is 0.325 e. The van der Waals surface area contributed by atoms with Crippen LogP contribution in [-0.2, 0) is 11.2 Å². The van der Waals surface area contributed by atoms with Crippen molar-refractivity contribution < 1.29 is 19.0 Å². The van der Waals surface area contributed by atoms with Gasteiger partial charge >= 0.3 is 5.97 Å². The molecule has 0 unspecified atom stereocenters. The number of likely N-dealkylation sites (tertiary alicyclic amines) is 1. The third kappa shape index (κ3) is 7.28. The van der Waals surface area contributed by atoms with Crippen molar-refractivity contribution in [2.45, 2.75) is 89.3 Å². The Balaban J connectivity index is 1.23. The Hall–Kier alpha value is -2.71. The summed E-state index contributed by atoms with van der Waals surface area (Å²) in [4.78, 5) is 21.2. The van der Waals surface area contributed by atoms with Crippen LogP contribution < -0.4 is 10.1 Å². The van der Waals surface area contributed by atoms with E-state index in [9.17, 15) is 14.3 Å². The molecule has 1 aromatic carbocycles. The van der Waals surface area contributed by atoms with Crippen LogP contribution >= 0.6 is 0 Å². The van der Waals surface area contributed by atoms with Crippen LogP contribution in [0, 0.1) is 5.82 Å². The Labute approximate surface area is 232 Å². The number of benzene rings is 1. The number of nitrogens with one attached hydrogen (secondary N) is 1. The van der Waals surface area contributed by atoms with E-state index in [0.717, 1.165) is 37.2 Å². The number of anilines is 1. The summed E-state index contributed by atoms with van der Waals surface area (Å²) in [5.74, 6) is -0.291. The first-order valence-electron chi connectivity index (χ1n) is 14.5. The highest BCUT2D eigenvalue weighted by Crippen LogP contribution is 2.37. The second-order valence-electron chi connectivity index (χ2n) is 11.5. The average molecular weight is 541 g/mol. The van der Waals surface area contributed by atoms with Gasteiger partial charge in [-0.1, -0.05) is 39.2 Å². The normalized spacial score (nSPS) is 20.2. The number of aryl methyl sites for hydroxylation is 1. The molecule has 1 saturated heterocycles. The monoisotopic (exact) mass is 540 g/mol. The van der Waals surface area contributed by atoms with Gasteiger partial charge in [-0.25, -0.2) is 9.37 Å². The van der Waals surface area contributed by atoms with Crippen molar-refractivity contribution in [3.8, 4) is 5.75 Å². The number of unbranched alkanes of at least 4 members (excludes halogenated alkanes) is 3. The van der Waals surface area contributed by atoms with Gasteiger partial charge in [0.1, 0.15) is 11.9 Å². The zero-order valence-electron chi connectivity index (χ0n) is 24.0. The van der Waals surface area contributed by atoms with Crippen LogP contribution in [0.15, 0.2) is 30.5 Å². The molecule has 39 heavy (non-hydrogen) atoms. The first-order chi connectivity index (χ1) is 18.8. The lowest BCUT2D eigenvalue weighted by Crippen LogP contribution is -2.38. The van der Waals surface area contributed by atoms with Gasteiger partial charge in [0.25, 0.3) is 0 Å². The smallest absolute Gasteiger partial charge is 0.325 e. The van der Waals surface area contributed by atoms with E-state index in [-0.39, 0.29) is 17.7 Å². The lowest BCUT2D eigenvalue weighted by molar-refractivity contribution is -0.143. The number of carboxylic acids is 1. The van der Waals surface area contributed by atoms with Crippen LogP contribution in [0.1, 0.15) is 87.4 Å². The van der Waals surface area contributed by atoms with Gasteiger partial charge in [0, 0.05) is 36.9 Å². The molecule has 0 aliphatic carbocycles. The minimum Gasteiger partial charge on any atom is -0.493 e. The Bertz CT molecular complexity index is 1110. The molecule has 0 amide bonds. The van der Waals surface area contributed by atoms with Crippen molar-refractivity contribution in [1.82, 2.24) is 14.8 Å². The minimum atomic E-state index is -0.969. The number of nitrogens with zero attached hydrogens (tertiary/aromatic N) is 3. The topological polar surface area (TPSA) is 77.9 Å². The van der Waals surface area contributed by atoms with E-state index in [2.05, 4.69) is 28.3 Å². The standard InChI is InChI=1S/C31H45FN4O3/c1-21(2)23-18-26(29(39-4)27(32)19-23)28(31(37)38)36-17-14-25(20-36)35(3)16-8-6-5-7-11-24-13-12-22-10-9-15-33-30(22)34-24/h9-10,15,18-19,21,24-25,28H,5-8,11-14,16-17,20H2,1-4H3,(H,33,34)(H,37,38)/t24-,25-,28+/m1/s1. The van der Waals surface area contributed by atoms with Gasteiger partial charge in [-0.05, 0) is 80.9 Å². The van der Waals surface area contributed by atoms with E-state index < -0.39 is 17.8 Å². The second-order valence-corrected chi connectivity index (χ2v) is 11.5. The molecule has 2 aliphatic rings. The predicted molar refractivity (Wildman–Crippen MR) is 153 cm³/mol. The largest absolute Gasteiger partial charge is 0.493 e. The Morgan fingerprint density at radius 2 is 2.05 bits per heavy atom. The lowest BCUT2D eigenvalue weighted by atomic mass is 9.95. The molecule has 2 aromatic rings. The number of hydrogen-bond acceptors (Lipinski definition) is 6. The third-order valence-corrected chi connectivity index (χ3v) is 8.48. The first-order valence-corrected chi connectivity index (χ1v) is 14.5. The number of aliphatic carboxylic acids is 1. The molecule has 7 nitrogen and oxygen atoms in total. The summed E-state index contributed by atoms with van der Waals surface area (Å²) in [5.41, 5.74) is 2.51. The first kappa shape index (κ1) is 29.3. The maximum atomic E-state index is 14.8. The zero-order chi connectivity index (χ0) is 27.9. The molecule has 1 aromatic heterocycles. The zero-order valence-corrected chi connectivity index (χ0v) is 24.0. The molecular formula is C31H45FN4O3. The fourth-order valence-electron chi connectivity index (χ4n) is 6.11. The summed E-state index contributed by atoms with van der Waals surface area (Å²) in [6.45, 7) is 6.26. The summed E-state index contributed by atoms with van der Waals surface area (Å²) in [6, 6.07) is 7.31. The van der Waals surface area contributed by atoms with Crippen molar-refractivity contribution in [2.75, 3.05) is 39.1 Å². The number of halogens is 1. The van der Waals surface area contributed by atoms with Crippen molar-refractivity contribution in [1.29, 1.82) is 0 Å². The van der Waals surface area contributed by atoms with Crippen LogP contribution in [0.4, 0.5) is 10.2 Å². The molecule has 3 heterocycles. The number of pyridine rings is 1. The van der Waals surface area contributed by atoms with E-state index in [4.69, 9.17) is 4.74 Å². The number of rotatable bonds is 13. The Morgan fingerprint density at radius 3 is 2.79 bits per heavy atom. The Kier molecular flexibility index (Phi) is 10.2. The van der Waals surface area contributed by atoms with Gasteiger partial charge in [0.05, 0.1) is 7.11 Å². The number of fused-ring (bicyclic) bond motifs is 1. The predicted octanol–water partition coefficient (Wildman–Crippen LogP) is 5.86. The summed E-state index contributed by atoms with van der Waals surface area (Å²) in [5, 5.41) is 13.8. The Morgan fingerprint density at radius 1 is 1.26 bits per heavy atom. The molecule has 2 aliphatic heterocycles. The number of methoxy groups -OCH3 is 1. The van der Waals surface area contributed by atoms with Crippen LogP contribution in [-0.4, -0.2) is 71.7 Å². The van der Waals surface area contributed by atoms with Gasteiger partial charge in [0.15, 0.2) is 11.6 Å². The number of hydrogen-bond donors (Lipinski definition) is 2. The molecule has 8 heteroatoms. The number of ether oxygens (including phenoxy) is 1. The number of carbonyl (C=O) groups is 1. The number of aromatic nitrogens is 1. The van der Waals surface area contributed by atoms with Crippen LogP contribution in [0.25, 0.3) is 0 Å². The van der Waals surface area contributed by atoms with Crippen LogP contribution in [0.5, 0.6) is 5.75 Å². The molecule has 3 atom stereocenters. The highest BCUT2D eigenvalue weighted by Gasteiger charge is 2.37. The molecule has 0 radical (unpaired) electrons. The molecular weight excluding hydrogens is 495 g/mol. The average Bonchev–Trinajstić information content (AvgIpc) is 3.40. The van der Waals surface area contributed by atoms with Crippen LogP contribution in [0.3, 0.4) is 0 Å². The molecule has 1 fully saturated rings. The van der Waals surface area contributed by atoms with Crippen LogP contribution in [0.2, 0.25) is 0 Å². The van der Waals surface area contributed by atoms with Crippen molar-refractivity contribution in [3.63, 3.8) is 0 Å². The molecule has 4 rings (SSSR count). The minimum absolute atomic E-state index is 0.0347. The van der Waals surface area contributed by atoms with E-state index in [1.165, 1.54) is 50.8 Å². The highest BCUT2D eigenvalue weighted by molar-refractivity contribution is 5.77. The van der Waals surface area contributed by atoms with Crippen molar-refractivity contribution >= 4 is 11.8 Å². The summed E-state index contributed by atoms with van der Waals surface area (Å²) in [7, 11) is 3.54. The maximum absolute atomic E-state index is 14.8. The SMILES string of the molecule is COc1c(F)cc(C(C)C)cc1[C@@H](C(=O)O)N1CC[C@@H](N(C)CCCCCC[C@@H]2CCc3cccnc3N2)C1. The van der Waals surface area contributed by atoms with Gasteiger partial charge < -0.3 is 20.1 Å². The number of likely N-dealkylation sites (N-methyl/N-ethyl adjacent to an activating group) is 1. The summed E-state index contributed by atoms with van der Waals surface area (Å²) < 4.78 is 20.2. The van der Waals surface area contributed by atoms with Gasteiger partial charge in [-0.3, -0.25) is 9.69 Å². The van der Waals surface area contributed by atoms with Crippen molar-refractivity contribution in [3.05, 3.63) is 53.0 Å². The summed E-state index contributed by atoms with van der Waals surface area (Å²) >= 11 is 0. The van der Waals surface area contributed by atoms with E-state index in [1.54, 1.807) is 6.07 Å². The molecule has 0 spiro atoms. The summed E-state index contributed by atoms with van der Waals surface area (Å²) in [6.07, 6.45) is 11.0. The fourth-order valence-corrected chi connectivity index (χ4v) is 6.11. The molecule has 0 saturated carbocycles. The molecule has 214 valence electrons. The third-order valence-electron chi connectivity index (χ3n) is 8.48. The number of carboxylic acid groups (broad SMARTS) is 1. The fraction of sp³-hybridized carbons (Fsp3) is 0.613. The van der Waals surface area contributed by atoms with E-state index >= 15 is 0 Å². The van der Waals surface area contributed by atoms with E-state index in [1.807, 2.05) is 31.0 Å². The van der Waals surface area contributed by atoms with E-state index in [0.29, 0.717) is 24.7 Å². The quantitative estimate of drug-likeness (QED) is 0.308. The molecule has 0 bridgehead atoms. The second kappa shape index (κ2) is 13.6. The highest BCUT2D eigenvalue weighted by atomic mass is 19.1. The van der Waals surface area contributed by atoms with Gasteiger partial charge in [-0.2, -0.15) is 0 Å². The lowest BCUT2D eigenvalue weighted by Gasteiger charge is -2.29. The van der Waals surface area contributed by atoms with Crippen molar-refractivity contribution in [2.24, 2.45) is 0 Å². The van der Waals surface area contributed by atoms with Gasteiger partial charge in [-0.15, -0.1) is 0 Å². The molecule has 2 N–H and O–H groups in total.